The van der Waals surface area contributed by atoms with E-state index in [4.69, 9.17) is 4.74 Å². The van der Waals surface area contributed by atoms with Gasteiger partial charge in [0.1, 0.15) is 11.4 Å². The quantitative estimate of drug-likeness (QED) is 0.882. The van der Waals surface area contributed by atoms with E-state index in [1.54, 1.807) is 29.4 Å². The van der Waals surface area contributed by atoms with Gasteiger partial charge in [-0.1, -0.05) is 23.9 Å². The van der Waals surface area contributed by atoms with Gasteiger partial charge < -0.3 is 14.7 Å². The summed E-state index contributed by atoms with van der Waals surface area (Å²) in [6.45, 7) is 6.15. The molecule has 1 heterocycles. The van der Waals surface area contributed by atoms with Crippen molar-refractivity contribution in [2.75, 3.05) is 19.3 Å². The van der Waals surface area contributed by atoms with Crippen LogP contribution in [0, 0.1) is 0 Å². The number of amides is 1. The first-order valence-electron chi connectivity index (χ1n) is 7.79. The Morgan fingerprint density at radius 1 is 1.29 bits per heavy atom. The molecule has 0 saturated carbocycles. The lowest BCUT2D eigenvalue weighted by Gasteiger charge is -2.32. The van der Waals surface area contributed by atoms with E-state index in [0.29, 0.717) is 18.5 Å². The summed E-state index contributed by atoms with van der Waals surface area (Å²) in [6, 6.07) is 6.85. The van der Waals surface area contributed by atoms with E-state index in [1.165, 1.54) is 0 Å². The number of nitrogens with zero attached hydrogens (tertiary/aromatic N) is 1. The molecule has 0 unspecified atom stereocenters. The molecule has 0 aliphatic carbocycles. The molecule has 5 nitrogen and oxygen atoms in total. The van der Waals surface area contributed by atoms with E-state index in [1.807, 2.05) is 26.8 Å². The van der Waals surface area contributed by atoms with Crippen molar-refractivity contribution in [1.82, 2.24) is 4.90 Å². The van der Waals surface area contributed by atoms with Gasteiger partial charge in [0.25, 0.3) is 0 Å². The van der Waals surface area contributed by atoms with Gasteiger partial charge in [0.2, 0.25) is 5.12 Å². The predicted octanol–water partition coefficient (Wildman–Crippen LogP) is 3.68. The number of hydrogen-bond donors (Lipinski definition) is 1. The second-order valence-electron chi connectivity index (χ2n) is 6.65. The van der Waals surface area contributed by atoms with E-state index in [-0.39, 0.29) is 17.4 Å². The van der Waals surface area contributed by atoms with E-state index in [2.05, 4.69) is 0 Å². The minimum absolute atomic E-state index is 0.0680. The second kappa shape index (κ2) is 7.30. The fourth-order valence-electron chi connectivity index (χ4n) is 2.57. The number of rotatable bonds is 2. The van der Waals surface area contributed by atoms with E-state index in [0.717, 1.165) is 22.9 Å². The molecular formula is C18H23NO4S. The van der Waals surface area contributed by atoms with Gasteiger partial charge in [0.05, 0.1) is 6.54 Å². The summed E-state index contributed by atoms with van der Waals surface area (Å²) in [5, 5.41) is 9.63. The molecule has 1 aliphatic rings. The Hall–Kier alpha value is -1.95. The van der Waals surface area contributed by atoms with Crippen molar-refractivity contribution in [2.45, 2.75) is 32.8 Å². The van der Waals surface area contributed by atoms with Crippen LogP contribution < -0.4 is 0 Å². The molecule has 1 amide bonds. The summed E-state index contributed by atoms with van der Waals surface area (Å²) in [6.07, 6.45) is 1.86. The molecule has 1 aromatic rings. The number of carbonyl (C=O) groups excluding carboxylic acids is 2. The van der Waals surface area contributed by atoms with Gasteiger partial charge in [-0.15, -0.1) is 0 Å². The van der Waals surface area contributed by atoms with Crippen LogP contribution in [-0.4, -0.2) is 46.2 Å². The van der Waals surface area contributed by atoms with Crippen molar-refractivity contribution in [3.63, 3.8) is 0 Å². The van der Waals surface area contributed by atoms with Gasteiger partial charge in [-0.3, -0.25) is 4.79 Å². The zero-order chi connectivity index (χ0) is 17.9. The third-order valence-electron chi connectivity index (χ3n) is 3.62. The number of thioether (sulfide) groups is 1. The second-order valence-corrected chi connectivity index (χ2v) is 7.43. The number of ether oxygens (including phenoxy) is 1. The average molecular weight is 349 g/mol. The summed E-state index contributed by atoms with van der Waals surface area (Å²) in [7, 11) is 0. The minimum Gasteiger partial charge on any atom is -0.508 e. The number of hydrogen-bond acceptors (Lipinski definition) is 5. The van der Waals surface area contributed by atoms with Crippen LogP contribution >= 0.6 is 11.8 Å². The zero-order valence-corrected chi connectivity index (χ0v) is 15.3. The fraction of sp³-hybridized carbons (Fsp3) is 0.444. The lowest BCUT2D eigenvalue weighted by molar-refractivity contribution is -0.108. The largest absolute Gasteiger partial charge is 0.508 e. The lowest BCUT2D eigenvalue weighted by Crippen LogP contribution is -2.41. The van der Waals surface area contributed by atoms with Crippen molar-refractivity contribution in [3.05, 3.63) is 35.4 Å². The lowest BCUT2D eigenvalue weighted by atomic mass is 9.94. The van der Waals surface area contributed by atoms with Crippen LogP contribution in [0.4, 0.5) is 4.79 Å². The summed E-state index contributed by atoms with van der Waals surface area (Å²) in [5.41, 5.74) is 1.71. The molecule has 0 spiro atoms. The fourth-order valence-corrected chi connectivity index (χ4v) is 3.00. The third-order valence-corrected chi connectivity index (χ3v) is 4.24. The maximum atomic E-state index is 12.4. The maximum Gasteiger partial charge on any atom is 0.410 e. The first-order valence-corrected chi connectivity index (χ1v) is 9.01. The van der Waals surface area contributed by atoms with E-state index >= 15 is 0 Å². The Morgan fingerprint density at radius 2 is 2.00 bits per heavy atom. The summed E-state index contributed by atoms with van der Waals surface area (Å²) in [5.74, 6) is 0.158. The van der Waals surface area contributed by atoms with Crippen molar-refractivity contribution in [1.29, 1.82) is 0 Å². The molecule has 0 fully saturated rings. The zero-order valence-electron chi connectivity index (χ0n) is 14.5. The number of carbonyl (C=O) groups is 2. The Kier molecular flexibility index (Phi) is 5.59. The van der Waals surface area contributed by atoms with Crippen LogP contribution in [0.25, 0.3) is 5.57 Å². The van der Waals surface area contributed by atoms with Crippen LogP contribution in [0.5, 0.6) is 5.75 Å². The number of phenols is 1. The highest BCUT2D eigenvalue weighted by Gasteiger charge is 2.30. The molecule has 0 atom stereocenters. The van der Waals surface area contributed by atoms with Crippen molar-refractivity contribution in [2.24, 2.45) is 0 Å². The van der Waals surface area contributed by atoms with Crippen molar-refractivity contribution in [3.8, 4) is 5.75 Å². The number of phenolic OH excluding ortho intramolecular Hbond substituents is 1. The molecule has 0 bridgehead atoms. The standard InChI is InChI=1S/C18H23NO4S/c1-18(2,3)23-17(22)19-9-8-14(15(11-19)16(21)24-4)12-6-5-7-13(20)10-12/h5-7,10,20H,8-9,11H2,1-4H3. The highest BCUT2D eigenvalue weighted by Crippen LogP contribution is 2.32. The third kappa shape index (κ3) is 4.54. The molecule has 1 aromatic carbocycles. The van der Waals surface area contributed by atoms with Gasteiger partial charge in [-0.25, -0.2) is 4.79 Å². The Bertz CT molecular complexity index is 676. The van der Waals surface area contributed by atoms with E-state index in [9.17, 15) is 14.7 Å². The van der Waals surface area contributed by atoms with Crippen LogP contribution in [0.2, 0.25) is 0 Å². The first kappa shape index (κ1) is 18.4. The summed E-state index contributed by atoms with van der Waals surface area (Å²) < 4.78 is 5.41. The molecule has 0 radical (unpaired) electrons. The van der Waals surface area contributed by atoms with Gasteiger partial charge in [-0.2, -0.15) is 0 Å². The predicted molar refractivity (Wildman–Crippen MR) is 96.0 cm³/mol. The molecule has 2 rings (SSSR count). The average Bonchev–Trinajstić information content (AvgIpc) is 2.52. The van der Waals surface area contributed by atoms with Gasteiger partial charge in [0, 0.05) is 12.1 Å². The summed E-state index contributed by atoms with van der Waals surface area (Å²) >= 11 is 1.12. The van der Waals surface area contributed by atoms with Gasteiger partial charge in [-0.05, 0) is 56.7 Å². The highest BCUT2D eigenvalue weighted by molar-refractivity contribution is 8.13. The first-order chi connectivity index (χ1) is 11.2. The van der Waals surface area contributed by atoms with E-state index < -0.39 is 11.7 Å². The molecular weight excluding hydrogens is 326 g/mol. The SMILES string of the molecule is CSC(=O)C1=C(c2cccc(O)c2)CCN(C(=O)OC(C)(C)C)C1. The van der Waals surface area contributed by atoms with Crippen molar-refractivity contribution < 1.29 is 19.4 Å². The van der Waals surface area contributed by atoms with Gasteiger partial charge >= 0.3 is 6.09 Å². The van der Waals surface area contributed by atoms with Crippen LogP contribution in [0.15, 0.2) is 29.8 Å². The minimum atomic E-state index is -0.573. The Morgan fingerprint density at radius 3 is 2.58 bits per heavy atom. The smallest absolute Gasteiger partial charge is 0.410 e. The molecule has 0 aromatic heterocycles. The number of benzene rings is 1. The molecule has 0 saturated heterocycles. The highest BCUT2D eigenvalue weighted by atomic mass is 32.2. The maximum absolute atomic E-state index is 12.4. The van der Waals surface area contributed by atoms with Crippen LogP contribution in [0.3, 0.4) is 0 Å². The molecule has 24 heavy (non-hydrogen) atoms. The van der Waals surface area contributed by atoms with Crippen molar-refractivity contribution >= 4 is 28.5 Å². The topological polar surface area (TPSA) is 66.8 Å². The van der Waals surface area contributed by atoms with Gasteiger partial charge in [0.15, 0.2) is 0 Å². The van der Waals surface area contributed by atoms with Crippen LogP contribution in [-0.2, 0) is 9.53 Å². The summed E-state index contributed by atoms with van der Waals surface area (Å²) in [4.78, 5) is 26.2. The molecule has 1 N–H and O–H groups in total. The molecule has 1 aliphatic heterocycles. The van der Waals surface area contributed by atoms with Crippen LogP contribution in [0.1, 0.15) is 32.8 Å². The molecule has 6 heteroatoms. The number of aromatic hydroxyl groups is 1. The Balaban J connectivity index is 2.32. The normalized spacial score (nSPS) is 15.4. The molecule has 130 valence electrons. The Labute approximate surface area is 146 Å². The monoisotopic (exact) mass is 349 g/mol.